The van der Waals surface area contributed by atoms with Crippen LogP contribution in [-0.4, -0.2) is 130 Å². The van der Waals surface area contributed by atoms with Gasteiger partial charge in [-0.1, -0.05) is 19.8 Å². The highest BCUT2D eigenvalue weighted by molar-refractivity contribution is 7.90. The molecule has 28 heteroatoms. The Bertz CT molecular complexity index is 2660. The zero-order chi connectivity index (χ0) is 47.6. The van der Waals surface area contributed by atoms with Crippen molar-refractivity contribution >= 4 is 70.3 Å². The lowest BCUT2D eigenvalue weighted by Gasteiger charge is -2.28. The van der Waals surface area contributed by atoms with Gasteiger partial charge in [-0.25, -0.2) is 23.9 Å². The largest absolute Gasteiger partial charge is 0.481 e. The normalized spacial score (nSPS) is 13.9. The molecule has 64 heavy (non-hydrogen) atoms. The summed E-state index contributed by atoms with van der Waals surface area (Å²) >= 11 is 1.24. The predicted molar refractivity (Wildman–Crippen MR) is 225 cm³/mol. The van der Waals surface area contributed by atoms with Crippen molar-refractivity contribution in [2.45, 2.75) is 31.8 Å². The number of nitrogens with one attached hydrogen (secondary N) is 3. The predicted octanol–water partition coefficient (Wildman–Crippen LogP) is 1.15. The minimum atomic E-state index is -4.46. The van der Waals surface area contributed by atoms with Gasteiger partial charge in [0, 0.05) is 50.9 Å². The average molecular weight is 952 g/mol. The maximum Gasteiger partial charge on any atom is 0.339 e. The van der Waals surface area contributed by atoms with Crippen molar-refractivity contribution in [3.05, 3.63) is 58.5 Å². The van der Waals surface area contributed by atoms with E-state index in [0.717, 1.165) is 18.8 Å². The van der Waals surface area contributed by atoms with Gasteiger partial charge in [0.25, 0.3) is 21.8 Å². The van der Waals surface area contributed by atoms with Gasteiger partial charge in [-0.2, -0.15) is 22.8 Å². The summed E-state index contributed by atoms with van der Waals surface area (Å²) in [5, 5.41) is 11.6. The molecule has 24 nitrogen and oxygen atoms in total. The van der Waals surface area contributed by atoms with E-state index in [9.17, 15) is 36.6 Å². The van der Waals surface area contributed by atoms with Crippen LogP contribution >= 0.6 is 19.1 Å². The zero-order valence-electron chi connectivity index (χ0n) is 34.9. The topological polar surface area (TPSA) is 319 Å². The maximum absolute atomic E-state index is 14.5. The molecular weight excluding hydrogens is 909 g/mol. The molecule has 0 unspecified atom stereocenters. The van der Waals surface area contributed by atoms with E-state index in [1.54, 1.807) is 4.72 Å². The number of hydrogen-bond acceptors (Lipinski definition) is 17. The van der Waals surface area contributed by atoms with Crippen LogP contribution in [0, 0.1) is 23.6 Å². The molecule has 6 N–H and O–H groups in total. The number of rotatable bonds is 12. The number of aromatic nitrogens is 5. The molecule has 344 valence electrons. The molecule has 0 aliphatic carbocycles. The number of amides is 4. The van der Waals surface area contributed by atoms with E-state index in [1.807, 2.05) is 4.57 Å². The number of halogens is 1. The summed E-state index contributed by atoms with van der Waals surface area (Å²) in [5.74, 6) is 1.12. The highest BCUT2D eigenvalue weighted by Crippen LogP contribution is 2.38. The van der Waals surface area contributed by atoms with Crippen molar-refractivity contribution in [3.8, 4) is 29.9 Å². The Morgan fingerprint density at radius 1 is 1.16 bits per heavy atom. The van der Waals surface area contributed by atoms with E-state index < -0.39 is 59.2 Å². The molecule has 5 heterocycles. The van der Waals surface area contributed by atoms with E-state index >= 15 is 0 Å². The van der Waals surface area contributed by atoms with Gasteiger partial charge in [0.1, 0.15) is 17.3 Å². The number of carbonyl (C=O) groups is 4. The second-order valence-electron chi connectivity index (χ2n) is 14.2. The Hall–Kier alpha value is -6.56. The first-order valence-corrected chi connectivity index (χ1v) is 22.3. The molecule has 0 saturated carbocycles. The summed E-state index contributed by atoms with van der Waals surface area (Å²) in [6.07, 6.45) is 6.81. The Morgan fingerprint density at radius 3 is 2.42 bits per heavy atom. The molecule has 4 aromatic rings. The molecule has 0 saturated heterocycles. The molecule has 0 bridgehead atoms. The molecule has 0 radical (unpaired) electrons. The van der Waals surface area contributed by atoms with Gasteiger partial charge >= 0.3 is 19.6 Å². The van der Waals surface area contributed by atoms with E-state index in [-0.39, 0.29) is 53.4 Å². The molecule has 0 atom stereocenters. The standard InChI is InChI=1S/C18H17FN4O2S.C15H18N6O6S.C3H8NO5P/c1-4-5-22-13-7-12(11(19)6-14(13)25-9-16(22)24)20-17-23-10-18(2,3)8-15(23)21-26-17;1-21(2)13(22)9-6-5-7-16-12(9)28(24,25)20-15(23)19-14-17-10(26-3)8-11(18-14)27-4;5-3(6)1-4-2-10(7,8)9/h1,6-7H,5,8-10H2,2-3H3;5-8H,1-4H3,(H2,17,18,19,20,23);4H,1-2H2,(H,5,6)(H2,7,8,9). The molecular formula is C36H43FN11O13PS2. The number of aliphatic carboxylic acids is 1. The minimum Gasteiger partial charge on any atom is -0.481 e. The van der Waals surface area contributed by atoms with Gasteiger partial charge in [0.2, 0.25) is 22.5 Å². The quantitative estimate of drug-likeness (QED) is 0.0857. The second kappa shape index (κ2) is 21.2. The molecule has 1 aromatic carbocycles. The smallest absolute Gasteiger partial charge is 0.339 e. The van der Waals surface area contributed by atoms with Crippen molar-refractivity contribution in [1.82, 2.24) is 38.8 Å². The Morgan fingerprint density at radius 2 is 1.83 bits per heavy atom. The third kappa shape index (κ3) is 13.7. The molecule has 4 amide bonds. The number of nitrogens with zero attached hydrogens (tertiary/aromatic N) is 8. The molecule has 3 aromatic heterocycles. The second-order valence-corrected chi connectivity index (χ2v) is 18.2. The summed E-state index contributed by atoms with van der Waals surface area (Å²) in [6.45, 7) is 4.61. The number of carboxylic acid groups (broad SMARTS) is 1. The van der Waals surface area contributed by atoms with Crippen LogP contribution in [-0.2, 0) is 37.1 Å². The summed E-state index contributed by atoms with van der Waals surface area (Å²) < 4.78 is 73.1. The van der Waals surface area contributed by atoms with Crippen molar-refractivity contribution in [1.29, 1.82) is 0 Å². The van der Waals surface area contributed by atoms with Crippen LogP contribution in [0.5, 0.6) is 17.5 Å². The number of urea groups is 1. The molecule has 2 aliphatic rings. The number of carboxylic acids is 1. The van der Waals surface area contributed by atoms with Crippen LogP contribution < -0.4 is 39.3 Å². The first kappa shape index (κ1) is 50.1. The summed E-state index contributed by atoms with van der Waals surface area (Å²) in [7, 11) is -2.94. The third-order valence-electron chi connectivity index (χ3n) is 8.24. The summed E-state index contributed by atoms with van der Waals surface area (Å²) in [4.78, 5) is 81.6. The van der Waals surface area contributed by atoms with E-state index in [4.69, 9.17) is 35.5 Å². The Kier molecular flexibility index (Phi) is 16.6. The molecule has 2 aliphatic heterocycles. The summed E-state index contributed by atoms with van der Waals surface area (Å²) in [6, 6.07) is 5.66. The highest BCUT2D eigenvalue weighted by Gasteiger charge is 2.32. The minimum absolute atomic E-state index is 0.0913. The number of pyridine rings is 1. The Labute approximate surface area is 368 Å². The average Bonchev–Trinajstić information content (AvgIpc) is 3.72. The highest BCUT2D eigenvalue weighted by atomic mass is 32.2. The number of ether oxygens (including phenoxy) is 3. The van der Waals surface area contributed by atoms with Gasteiger partial charge in [0.15, 0.2) is 17.5 Å². The number of benzene rings is 1. The van der Waals surface area contributed by atoms with Crippen molar-refractivity contribution in [2.75, 3.05) is 64.5 Å². The number of methoxy groups -OCH3 is 2. The van der Waals surface area contributed by atoms with Gasteiger partial charge in [-0.05, 0) is 23.6 Å². The van der Waals surface area contributed by atoms with Gasteiger partial charge in [0.05, 0.1) is 50.9 Å². The van der Waals surface area contributed by atoms with Crippen LogP contribution in [0.15, 0.2) is 46.5 Å². The number of terminal acetylenes is 1. The van der Waals surface area contributed by atoms with Gasteiger partial charge in [-0.15, -0.1) is 6.42 Å². The lowest BCUT2D eigenvalue weighted by Crippen LogP contribution is -2.39. The molecule has 6 rings (SSSR count). The van der Waals surface area contributed by atoms with Crippen LogP contribution in [0.1, 0.15) is 30.0 Å². The van der Waals surface area contributed by atoms with Crippen LogP contribution in [0.4, 0.5) is 26.5 Å². The van der Waals surface area contributed by atoms with E-state index in [1.165, 1.54) is 86.2 Å². The number of carbonyl (C=O) groups excluding carboxylic acids is 3. The fraction of sp³-hybridized carbons (Fsp3) is 0.361. The van der Waals surface area contributed by atoms with Crippen molar-refractivity contribution in [3.63, 3.8) is 0 Å². The fourth-order valence-electron chi connectivity index (χ4n) is 5.53. The first-order valence-electron chi connectivity index (χ1n) is 18.2. The summed E-state index contributed by atoms with van der Waals surface area (Å²) in [5.41, 5.74) is 0.490. The van der Waals surface area contributed by atoms with Crippen molar-refractivity contribution in [2.24, 2.45) is 10.4 Å². The van der Waals surface area contributed by atoms with Crippen LogP contribution in [0.2, 0.25) is 0 Å². The lowest BCUT2D eigenvalue weighted by atomic mass is 9.92. The monoisotopic (exact) mass is 951 g/mol. The van der Waals surface area contributed by atoms with Crippen LogP contribution in [0.25, 0.3) is 0 Å². The van der Waals surface area contributed by atoms with Gasteiger partial charge in [-0.3, -0.25) is 34.5 Å². The number of anilines is 2. The fourth-order valence-corrected chi connectivity index (χ4v) is 7.73. The lowest BCUT2D eigenvalue weighted by molar-refractivity contribution is -0.135. The van der Waals surface area contributed by atoms with Crippen molar-refractivity contribution < 1.29 is 65.7 Å². The Balaban J connectivity index is 0.000000233. The molecule has 0 spiro atoms. The van der Waals surface area contributed by atoms with E-state index in [0.29, 0.717) is 16.2 Å². The third-order valence-corrected chi connectivity index (χ3v) is 10.9. The van der Waals surface area contributed by atoms with E-state index in [2.05, 4.69) is 54.7 Å². The zero-order valence-corrected chi connectivity index (χ0v) is 37.5. The van der Waals surface area contributed by atoms with Crippen LogP contribution in [0.3, 0.4) is 0 Å². The molecule has 0 fully saturated rings. The number of sulfonamides is 1. The first-order chi connectivity index (χ1) is 30.0. The number of hydrogen-bond donors (Lipinski definition) is 6. The SMILES string of the molecule is C#CCN1C(=O)COc2cc(F)c(N=c3snc4n3CC(C)(C)C4)cc21.COc1cc(OC)nc(NC(=O)NS(=O)(=O)c2ncccc2C(=O)N(C)C)n1.O=C(O)CNCP(=O)(O)O. The number of fused-ring (bicyclic) bond motifs is 2. The maximum atomic E-state index is 14.5. The van der Waals surface area contributed by atoms with Gasteiger partial charge < -0.3 is 38.6 Å².